The molecule has 1 aromatic carbocycles. The van der Waals surface area contributed by atoms with Gasteiger partial charge >= 0.3 is 0 Å². The van der Waals surface area contributed by atoms with E-state index in [1.807, 2.05) is 25.7 Å². The van der Waals surface area contributed by atoms with E-state index in [9.17, 15) is 9.59 Å². The normalized spacial score (nSPS) is 16.9. The third-order valence-corrected chi connectivity index (χ3v) is 5.49. The van der Waals surface area contributed by atoms with Crippen molar-refractivity contribution in [1.29, 1.82) is 0 Å². The zero-order valence-corrected chi connectivity index (χ0v) is 17.7. The van der Waals surface area contributed by atoms with E-state index < -0.39 is 0 Å². The van der Waals surface area contributed by atoms with Crippen molar-refractivity contribution < 1.29 is 23.8 Å². The fourth-order valence-corrected chi connectivity index (χ4v) is 3.74. The smallest absolute Gasteiger partial charge is 0.254 e. The third kappa shape index (κ3) is 4.77. The molecule has 0 radical (unpaired) electrons. The van der Waals surface area contributed by atoms with Crippen molar-refractivity contribution in [3.8, 4) is 17.2 Å². The molecular formula is C22H32N2O5. The van der Waals surface area contributed by atoms with Crippen LogP contribution in [0.3, 0.4) is 0 Å². The molecule has 29 heavy (non-hydrogen) atoms. The van der Waals surface area contributed by atoms with Gasteiger partial charge in [0.15, 0.2) is 11.5 Å². The van der Waals surface area contributed by atoms with Crippen LogP contribution in [0.15, 0.2) is 12.1 Å². The van der Waals surface area contributed by atoms with Crippen molar-refractivity contribution in [2.24, 2.45) is 5.92 Å². The standard InChI is InChI=1S/C22H32N2O5/c1-4-27-18-14-17(15-19(28-5-2)20(18)29-6-3)22(26)24-12-10-23(11-13-24)21(25)16-8-7-9-16/h14-16H,4-13H2,1-3H3. The number of amides is 2. The van der Waals surface area contributed by atoms with Gasteiger partial charge in [-0.15, -0.1) is 0 Å². The molecule has 1 saturated carbocycles. The van der Waals surface area contributed by atoms with Crippen molar-refractivity contribution in [3.63, 3.8) is 0 Å². The molecule has 1 aliphatic carbocycles. The molecule has 0 atom stereocenters. The summed E-state index contributed by atoms with van der Waals surface area (Å²) >= 11 is 0. The summed E-state index contributed by atoms with van der Waals surface area (Å²) in [6.07, 6.45) is 3.16. The molecule has 1 aromatic rings. The molecule has 7 heteroatoms. The van der Waals surface area contributed by atoms with Gasteiger partial charge < -0.3 is 24.0 Å². The van der Waals surface area contributed by atoms with E-state index in [4.69, 9.17) is 14.2 Å². The highest BCUT2D eigenvalue weighted by Gasteiger charge is 2.32. The van der Waals surface area contributed by atoms with Gasteiger partial charge in [0.1, 0.15) is 0 Å². The minimum atomic E-state index is -0.0781. The molecule has 2 amide bonds. The summed E-state index contributed by atoms with van der Waals surface area (Å²) in [5, 5.41) is 0. The van der Waals surface area contributed by atoms with Gasteiger partial charge in [-0.05, 0) is 45.7 Å². The lowest BCUT2D eigenvalue weighted by Gasteiger charge is -2.38. The molecule has 1 heterocycles. The molecule has 3 rings (SSSR count). The molecule has 0 N–H and O–H groups in total. The topological polar surface area (TPSA) is 68.3 Å². The third-order valence-electron chi connectivity index (χ3n) is 5.49. The molecular weight excluding hydrogens is 372 g/mol. The number of hydrogen-bond donors (Lipinski definition) is 0. The molecule has 0 bridgehead atoms. The van der Waals surface area contributed by atoms with E-state index in [0.29, 0.717) is 68.8 Å². The molecule has 1 saturated heterocycles. The first-order chi connectivity index (χ1) is 14.1. The van der Waals surface area contributed by atoms with Gasteiger partial charge in [-0.1, -0.05) is 6.42 Å². The summed E-state index contributed by atoms with van der Waals surface area (Å²) in [5.74, 6) is 1.94. The number of hydrogen-bond acceptors (Lipinski definition) is 5. The van der Waals surface area contributed by atoms with Gasteiger partial charge in [-0.2, -0.15) is 0 Å². The fraction of sp³-hybridized carbons (Fsp3) is 0.636. The van der Waals surface area contributed by atoms with E-state index in [1.54, 1.807) is 17.0 Å². The van der Waals surface area contributed by atoms with Gasteiger partial charge in [0.25, 0.3) is 5.91 Å². The molecule has 2 fully saturated rings. The van der Waals surface area contributed by atoms with Crippen molar-refractivity contribution in [3.05, 3.63) is 17.7 Å². The average molecular weight is 405 g/mol. The second kappa shape index (κ2) is 9.85. The van der Waals surface area contributed by atoms with Crippen molar-refractivity contribution >= 4 is 11.8 Å². The SMILES string of the molecule is CCOc1cc(C(=O)N2CCN(C(=O)C3CCC3)CC2)cc(OCC)c1OCC. The van der Waals surface area contributed by atoms with E-state index >= 15 is 0 Å². The Morgan fingerprint density at radius 2 is 1.38 bits per heavy atom. The number of piperazine rings is 1. The Labute approximate surface area is 172 Å². The number of ether oxygens (including phenoxy) is 3. The Balaban J connectivity index is 1.73. The van der Waals surface area contributed by atoms with Gasteiger partial charge in [0, 0.05) is 37.7 Å². The summed E-state index contributed by atoms with van der Waals surface area (Å²) in [5.41, 5.74) is 0.513. The van der Waals surface area contributed by atoms with E-state index in [0.717, 1.165) is 19.3 Å². The maximum absolute atomic E-state index is 13.1. The highest BCUT2D eigenvalue weighted by Crippen LogP contribution is 2.39. The first-order valence-electron chi connectivity index (χ1n) is 10.7. The highest BCUT2D eigenvalue weighted by atomic mass is 16.5. The Hall–Kier alpha value is -2.44. The molecule has 1 aliphatic heterocycles. The van der Waals surface area contributed by atoms with Crippen LogP contribution in [0.1, 0.15) is 50.4 Å². The van der Waals surface area contributed by atoms with Crippen molar-refractivity contribution in [2.45, 2.75) is 40.0 Å². The van der Waals surface area contributed by atoms with Crippen LogP contribution < -0.4 is 14.2 Å². The Morgan fingerprint density at radius 3 is 1.83 bits per heavy atom. The second-order valence-electron chi connectivity index (χ2n) is 7.35. The van der Waals surface area contributed by atoms with Gasteiger partial charge in [0.05, 0.1) is 19.8 Å². The number of rotatable bonds is 8. The predicted molar refractivity (Wildman–Crippen MR) is 110 cm³/mol. The molecule has 2 aliphatic rings. The van der Waals surface area contributed by atoms with Crippen LogP contribution in [0.4, 0.5) is 0 Å². The molecule has 7 nitrogen and oxygen atoms in total. The molecule has 160 valence electrons. The average Bonchev–Trinajstić information content (AvgIpc) is 2.69. The monoisotopic (exact) mass is 404 g/mol. The largest absolute Gasteiger partial charge is 0.490 e. The van der Waals surface area contributed by atoms with Gasteiger partial charge in [0.2, 0.25) is 11.7 Å². The lowest BCUT2D eigenvalue weighted by molar-refractivity contribution is -0.139. The van der Waals surface area contributed by atoms with Crippen LogP contribution in [0, 0.1) is 5.92 Å². The molecule has 0 spiro atoms. The number of benzene rings is 1. The second-order valence-corrected chi connectivity index (χ2v) is 7.35. The van der Waals surface area contributed by atoms with Crippen LogP contribution in [0.2, 0.25) is 0 Å². The van der Waals surface area contributed by atoms with Crippen molar-refractivity contribution in [2.75, 3.05) is 46.0 Å². The minimum absolute atomic E-state index is 0.0781. The Kier molecular flexibility index (Phi) is 7.23. The predicted octanol–water partition coefficient (Wildman–Crippen LogP) is 2.97. The van der Waals surface area contributed by atoms with Gasteiger partial charge in [-0.25, -0.2) is 0 Å². The highest BCUT2D eigenvalue weighted by molar-refractivity contribution is 5.96. The Bertz CT molecular complexity index is 697. The van der Waals surface area contributed by atoms with E-state index in [1.165, 1.54) is 0 Å². The number of nitrogens with zero attached hydrogens (tertiary/aromatic N) is 2. The number of carbonyl (C=O) groups is 2. The first kappa shape index (κ1) is 21.3. The summed E-state index contributed by atoms with van der Waals surface area (Å²) in [7, 11) is 0. The first-order valence-corrected chi connectivity index (χ1v) is 10.7. The van der Waals surface area contributed by atoms with E-state index in [-0.39, 0.29) is 17.7 Å². The van der Waals surface area contributed by atoms with Gasteiger partial charge in [-0.3, -0.25) is 9.59 Å². The quantitative estimate of drug-likeness (QED) is 0.666. The molecule has 0 unspecified atom stereocenters. The number of carbonyl (C=O) groups excluding carboxylic acids is 2. The maximum atomic E-state index is 13.1. The van der Waals surface area contributed by atoms with Crippen LogP contribution in [0.25, 0.3) is 0 Å². The lowest BCUT2D eigenvalue weighted by atomic mass is 9.84. The summed E-state index contributed by atoms with van der Waals surface area (Å²) in [4.78, 5) is 29.3. The Morgan fingerprint density at radius 1 is 0.862 bits per heavy atom. The van der Waals surface area contributed by atoms with Crippen LogP contribution in [-0.4, -0.2) is 67.6 Å². The van der Waals surface area contributed by atoms with Crippen LogP contribution in [-0.2, 0) is 4.79 Å². The zero-order chi connectivity index (χ0) is 20.8. The summed E-state index contributed by atoms with van der Waals surface area (Å²) < 4.78 is 17.2. The van der Waals surface area contributed by atoms with Crippen LogP contribution >= 0.6 is 0 Å². The molecule has 0 aromatic heterocycles. The summed E-state index contributed by atoms with van der Waals surface area (Å²) in [6.45, 7) is 9.35. The summed E-state index contributed by atoms with van der Waals surface area (Å²) in [6, 6.07) is 3.45. The van der Waals surface area contributed by atoms with Crippen LogP contribution in [0.5, 0.6) is 17.2 Å². The lowest BCUT2D eigenvalue weighted by Crippen LogP contribution is -2.52. The zero-order valence-electron chi connectivity index (χ0n) is 17.7. The maximum Gasteiger partial charge on any atom is 0.254 e. The minimum Gasteiger partial charge on any atom is -0.490 e. The van der Waals surface area contributed by atoms with Crippen molar-refractivity contribution in [1.82, 2.24) is 9.80 Å². The fourth-order valence-electron chi connectivity index (χ4n) is 3.74. The van der Waals surface area contributed by atoms with E-state index in [2.05, 4.69) is 0 Å².